The van der Waals surface area contributed by atoms with Crippen LogP contribution in [0.5, 0.6) is 0 Å². The molecule has 7 heteroatoms. The third-order valence-corrected chi connectivity index (χ3v) is 3.54. The molecular weight excluding hydrogens is 266 g/mol. The summed E-state index contributed by atoms with van der Waals surface area (Å²) >= 11 is 1.47. The number of aromatic nitrogens is 3. The summed E-state index contributed by atoms with van der Waals surface area (Å²) in [6.07, 6.45) is 3.17. The Labute approximate surface area is 115 Å². The van der Waals surface area contributed by atoms with E-state index in [1.54, 1.807) is 12.4 Å². The summed E-state index contributed by atoms with van der Waals surface area (Å²) in [7, 11) is 1.35. The summed E-state index contributed by atoms with van der Waals surface area (Å²) in [5.41, 5.74) is 0.450. The molecule has 2 aromatic rings. The maximum Gasteiger partial charge on any atom is 0.341 e. The highest BCUT2D eigenvalue weighted by atomic mass is 32.2. The number of methoxy groups -OCH3 is 1. The van der Waals surface area contributed by atoms with E-state index in [9.17, 15) is 4.79 Å². The molecule has 0 saturated carbocycles. The van der Waals surface area contributed by atoms with Crippen molar-refractivity contribution in [3.63, 3.8) is 0 Å². The van der Waals surface area contributed by atoms with Crippen molar-refractivity contribution in [3.05, 3.63) is 30.0 Å². The van der Waals surface area contributed by atoms with E-state index in [1.165, 1.54) is 25.1 Å². The first-order valence-corrected chi connectivity index (χ1v) is 6.79. The number of esters is 1. The van der Waals surface area contributed by atoms with Crippen LogP contribution in [0.2, 0.25) is 0 Å². The number of carbonyl (C=O) groups excluding carboxylic acids is 1. The summed E-state index contributed by atoms with van der Waals surface area (Å²) in [5.74, 6) is 0.688. The maximum absolute atomic E-state index is 11.5. The van der Waals surface area contributed by atoms with Crippen LogP contribution in [-0.4, -0.2) is 27.8 Å². The molecule has 2 aromatic heterocycles. The van der Waals surface area contributed by atoms with Crippen molar-refractivity contribution in [3.8, 4) is 0 Å². The van der Waals surface area contributed by atoms with Crippen molar-refractivity contribution in [2.24, 2.45) is 0 Å². The van der Waals surface area contributed by atoms with Crippen LogP contribution in [0.4, 0.5) is 0 Å². The van der Waals surface area contributed by atoms with E-state index in [-0.39, 0.29) is 6.04 Å². The Hall–Kier alpha value is -1.76. The van der Waals surface area contributed by atoms with Crippen LogP contribution >= 0.6 is 11.8 Å². The quantitative estimate of drug-likeness (QED) is 0.619. The zero-order chi connectivity index (χ0) is 13.8. The fourth-order valence-electron chi connectivity index (χ4n) is 1.56. The van der Waals surface area contributed by atoms with Crippen LogP contribution in [0.15, 0.2) is 28.2 Å². The van der Waals surface area contributed by atoms with Gasteiger partial charge in [-0.2, -0.15) is 0 Å². The molecule has 0 fully saturated rings. The van der Waals surface area contributed by atoms with Crippen molar-refractivity contribution in [2.45, 2.75) is 30.8 Å². The number of nitrogens with zero attached hydrogens (tertiary/aromatic N) is 3. The molecule has 0 aliphatic rings. The number of furan rings is 1. The average Bonchev–Trinajstić information content (AvgIpc) is 3.03. The SMILES string of the molecule is COC(=O)c1ccoc1CSc1nncn1C(C)C. The molecule has 0 radical (unpaired) electrons. The van der Waals surface area contributed by atoms with Crippen LogP contribution in [0.3, 0.4) is 0 Å². The van der Waals surface area contributed by atoms with Gasteiger partial charge in [0.1, 0.15) is 17.7 Å². The van der Waals surface area contributed by atoms with Gasteiger partial charge in [0.05, 0.1) is 19.1 Å². The summed E-state index contributed by atoms with van der Waals surface area (Å²) in [5, 5.41) is 8.73. The summed E-state index contributed by atoms with van der Waals surface area (Å²) in [6, 6.07) is 1.89. The van der Waals surface area contributed by atoms with Gasteiger partial charge in [-0.25, -0.2) is 4.79 Å². The predicted octanol–water partition coefficient (Wildman–Crippen LogP) is 2.53. The highest BCUT2D eigenvalue weighted by Crippen LogP contribution is 2.25. The Morgan fingerprint density at radius 3 is 3.05 bits per heavy atom. The smallest absolute Gasteiger partial charge is 0.341 e. The lowest BCUT2D eigenvalue weighted by molar-refractivity contribution is 0.0598. The Morgan fingerprint density at radius 2 is 2.37 bits per heavy atom. The molecule has 0 N–H and O–H groups in total. The van der Waals surface area contributed by atoms with Gasteiger partial charge in [0.2, 0.25) is 0 Å². The van der Waals surface area contributed by atoms with Gasteiger partial charge in [0.25, 0.3) is 0 Å². The van der Waals surface area contributed by atoms with Crippen molar-refractivity contribution in [1.29, 1.82) is 0 Å². The lowest BCUT2D eigenvalue weighted by Gasteiger charge is -2.08. The van der Waals surface area contributed by atoms with Crippen molar-refractivity contribution in [2.75, 3.05) is 7.11 Å². The molecule has 0 unspecified atom stereocenters. The standard InChI is InChI=1S/C12H15N3O3S/c1-8(2)15-7-13-14-12(15)19-6-10-9(4-5-18-10)11(16)17-3/h4-5,7-8H,6H2,1-3H3. The summed E-state index contributed by atoms with van der Waals surface area (Å²) in [4.78, 5) is 11.5. The van der Waals surface area contributed by atoms with Gasteiger partial charge in [0, 0.05) is 6.04 Å². The highest BCUT2D eigenvalue weighted by molar-refractivity contribution is 7.98. The van der Waals surface area contributed by atoms with E-state index in [0.717, 1.165) is 5.16 Å². The molecule has 0 bridgehead atoms. The number of rotatable bonds is 5. The van der Waals surface area contributed by atoms with Gasteiger partial charge in [-0.05, 0) is 19.9 Å². The largest absolute Gasteiger partial charge is 0.468 e. The van der Waals surface area contributed by atoms with Gasteiger partial charge >= 0.3 is 5.97 Å². The van der Waals surface area contributed by atoms with Gasteiger partial charge in [0.15, 0.2) is 5.16 Å². The van der Waals surface area contributed by atoms with Gasteiger partial charge in [-0.3, -0.25) is 0 Å². The molecule has 102 valence electrons. The first-order valence-electron chi connectivity index (χ1n) is 5.80. The molecule has 0 spiro atoms. The fraction of sp³-hybridized carbons (Fsp3) is 0.417. The third-order valence-electron chi connectivity index (χ3n) is 2.58. The van der Waals surface area contributed by atoms with Crippen molar-refractivity contribution >= 4 is 17.7 Å². The minimum Gasteiger partial charge on any atom is -0.468 e. The number of thioether (sulfide) groups is 1. The lowest BCUT2D eigenvalue weighted by atomic mass is 10.3. The molecule has 2 heterocycles. The number of hydrogen-bond donors (Lipinski definition) is 0. The minimum absolute atomic E-state index is 0.286. The summed E-state index contributed by atoms with van der Waals surface area (Å²) < 4.78 is 12.0. The van der Waals surface area contributed by atoms with Crippen molar-refractivity contribution < 1.29 is 13.9 Å². The van der Waals surface area contributed by atoms with Crippen LogP contribution < -0.4 is 0 Å². The lowest BCUT2D eigenvalue weighted by Crippen LogP contribution is -2.03. The Bertz CT molecular complexity index is 562. The molecule has 2 rings (SSSR count). The average molecular weight is 281 g/mol. The Balaban J connectivity index is 2.09. The second-order valence-electron chi connectivity index (χ2n) is 4.15. The van der Waals surface area contributed by atoms with Gasteiger partial charge < -0.3 is 13.7 Å². The number of carbonyl (C=O) groups is 1. The topological polar surface area (TPSA) is 70.2 Å². The van der Waals surface area contributed by atoms with Gasteiger partial charge in [-0.15, -0.1) is 10.2 Å². The van der Waals surface area contributed by atoms with E-state index < -0.39 is 5.97 Å². The zero-order valence-corrected chi connectivity index (χ0v) is 11.8. The van der Waals surface area contributed by atoms with E-state index in [4.69, 9.17) is 9.15 Å². The molecule has 0 aromatic carbocycles. The second-order valence-corrected chi connectivity index (χ2v) is 5.09. The van der Waals surface area contributed by atoms with Gasteiger partial charge in [-0.1, -0.05) is 11.8 Å². The molecule has 0 aliphatic carbocycles. The first kappa shape index (κ1) is 13.7. The predicted molar refractivity (Wildman–Crippen MR) is 70.0 cm³/mol. The van der Waals surface area contributed by atoms with E-state index in [1.807, 2.05) is 4.57 Å². The first-order chi connectivity index (χ1) is 9.13. The monoisotopic (exact) mass is 281 g/mol. The fourth-order valence-corrected chi connectivity index (χ4v) is 2.56. The molecule has 0 atom stereocenters. The molecule has 0 saturated heterocycles. The normalized spacial score (nSPS) is 10.9. The summed E-state index contributed by atoms with van der Waals surface area (Å²) in [6.45, 7) is 4.11. The second kappa shape index (κ2) is 5.92. The number of ether oxygens (including phenoxy) is 1. The van der Waals surface area contributed by atoms with Crippen LogP contribution in [-0.2, 0) is 10.5 Å². The third kappa shape index (κ3) is 2.98. The van der Waals surface area contributed by atoms with Crippen molar-refractivity contribution in [1.82, 2.24) is 14.8 Å². The van der Waals surface area contributed by atoms with Crippen LogP contribution in [0.1, 0.15) is 36.0 Å². The zero-order valence-electron chi connectivity index (χ0n) is 11.0. The molecular formula is C12H15N3O3S. The molecule has 6 nitrogen and oxygen atoms in total. The van der Waals surface area contributed by atoms with E-state index >= 15 is 0 Å². The highest BCUT2D eigenvalue weighted by Gasteiger charge is 2.16. The molecule has 19 heavy (non-hydrogen) atoms. The van der Waals surface area contributed by atoms with Crippen LogP contribution in [0.25, 0.3) is 0 Å². The molecule has 0 aliphatic heterocycles. The van der Waals surface area contributed by atoms with Crippen LogP contribution in [0, 0.1) is 0 Å². The van der Waals surface area contributed by atoms with E-state index in [2.05, 4.69) is 24.0 Å². The van der Waals surface area contributed by atoms with E-state index in [0.29, 0.717) is 17.1 Å². The number of hydrogen-bond acceptors (Lipinski definition) is 6. The minimum atomic E-state index is -0.394. The molecule has 0 amide bonds. The Kier molecular flexibility index (Phi) is 4.26. The maximum atomic E-state index is 11.5. The Morgan fingerprint density at radius 1 is 1.58 bits per heavy atom.